The summed E-state index contributed by atoms with van der Waals surface area (Å²) in [5.41, 5.74) is 6.22. The van der Waals surface area contributed by atoms with Gasteiger partial charge in [0.2, 0.25) is 0 Å². The van der Waals surface area contributed by atoms with E-state index in [0.29, 0.717) is 11.3 Å². The standard InChI is InChI=1S/C31H28N2O6/c1-2-38-30(36)20-13-15-21(16-14-20)33-17-7-8-22(33)18-28(29(34)35)32-31(37)39-19-27-25-11-5-3-9-23(25)24-10-4-6-12-26(24)27/h3-17,27-28H,2,18-19H2,1H3,(H,32,37)(H,34,35). The van der Waals surface area contributed by atoms with Crippen molar-refractivity contribution in [3.63, 3.8) is 0 Å². The molecule has 0 saturated carbocycles. The number of fused-ring (bicyclic) bond motifs is 3. The molecule has 198 valence electrons. The predicted molar refractivity (Wildman–Crippen MR) is 145 cm³/mol. The van der Waals surface area contributed by atoms with Crippen LogP contribution in [0.5, 0.6) is 0 Å². The number of carboxylic acids is 1. The molecule has 1 unspecified atom stereocenters. The number of aliphatic carboxylic acids is 1. The van der Waals surface area contributed by atoms with Gasteiger partial charge in [-0.25, -0.2) is 14.4 Å². The third-order valence-electron chi connectivity index (χ3n) is 6.84. The van der Waals surface area contributed by atoms with E-state index in [1.54, 1.807) is 49.5 Å². The molecular formula is C31H28N2O6. The summed E-state index contributed by atoms with van der Waals surface area (Å²) in [6.45, 7) is 2.12. The van der Waals surface area contributed by atoms with Gasteiger partial charge in [-0.15, -0.1) is 0 Å². The zero-order valence-electron chi connectivity index (χ0n) is 21.4. The Morgan fingerprint density at radius 3 is 2.13 bits per heavy atom. The molecule has 3 aromatic carbocycles. The highest BCUT2D eigenvalue weighted by atomic mass is 16.5. The van der Waals surface area contributed by atoms with Gasteiger partial charge < -0.3 is 24.5 Å². The molecule has 0 saturated heterocycles. The van der Waals surface area contributed by atoms with E-state index in [1.807, 2.05) is 53.1 Å². The molecule has 4 aromatic rings. The fraction of sp³-hybridized carbons (Fsp3) is 0.194. The summed E-state index contributed by atoms with van der Waals surface area (Å²) in [6, 6.07) is 25.2. The molecule has 2 N–H and O–H groups in total. The van der Waals surface area contributed by atoms with Crippen molar-refractivity contribution in [1.29, 1.82) is 0 Å². The van der Waals surface area contributed by atoms with Crippen LogP contribution in [0.4, 0.5) is 4.79 Å². The Morgan fingerprint density at radius 1 is 0.872 bits per heavy atom. The second-order valence-corrected chi connectivity index (χ2v) is 9.20. The van der Waals surface area contributed by atoms with Crippen molar-refractivity contribution in [1.82, 2.24) is 9.88 Å². The van der Waals surface area contributed by atoms with Gasteiger partial charge in [0.25, 0.3) is 0 Å². The minimum absolute atomic E-state index is 0.0339. The van der Waals surface area contributed by atoms with Gasteiger partial charge in [0.1, 0.15) is 12.6 Å². The van der Waals surface area contributed by atoms with Crippen LogP contribution in [0.15, 0.2) is 91.1 Å². The summed E-state index contributed by atoms with van der Waals surface area (Å²) in [5.74, 6) is -1.70. The van der Waals surface area contributed by atoms with Crippen LogP contribution in [0.25, 0.3) is 16.8 Å². The van der Waals surface area contributed by atoms with Crippen LogP contribution in [0.1, 0.15) is 40.0 Å². The number of amides is 1. The molecular weight excluding hydrogens is 496 g/mol. The zero-order valence-corrected chi connectivity index (χ0v) is 21.4. The van der Waals surface area contributed by atoms with Crippen molar-refractivity contribution in [2.24, 2.45) is 0 Å². The monoisotopic (exact) mass is 524 g/mol. The number of nitrogens with one attached hydrogen (secondary N) is 1. The Morgan fingerprint density at radius 2 is 1.51 bits per heavy atom. The van der Waals surface area contributed by atoms with E-state index in [1.165, 1.54) is 0 Å². The lowest BCUT2D eigenvalue weighted by Crippen LogP contribution is -2.43. The summed E-state index contributed by atoms with van der Waals surface area (Å²) >= 11 is 0. The third kappa shape index (κ3) is 5.40. The molecule has 0 radical (unpaired) electrons. The molecule has 0 bridgehead atoms. The predicted octanol–water partition coefficient (Wildman–Crippen LogP) is 5.19. The molecule has 1 heterocycles. The molecule has 1 aliphatic carbocycles. The number of alkyl carbamates (subject to hydrolysis) is 1. The molecule has 0 spiro atoms. The normalized spacial score (nSPS) is 12.7. The second-order valence-electron chi connectivity index (χ2n) is 9.20. The molecule has 1 aliphatic rings. The van der Waals surface area contributed by atoms with Gasteiger partial charge in [0.15, 0.2) is 0 Å². The van der Waals surface area contributed by atoms with Crippen LogP contribution in [0.3, 0.4) is 0 Å². The lowest BCUT2D eigenvalue weighted by Gasteiger charge is -2.18. The molecule has 39 heavy (non-hydrogen) atoms. The number of carbonyl (C=O) groups excluding carboxylic acids is 2. The first-order chi connectivity index (χ1) is 19.0. The largest absolute Gasteiger partial charge is 0.480 e. The van der Waals surface area contributed by atoms with E-state index in [0.717, 1.165) is 27.9 Å². The van der Waals surface area contributed by atoms with Gasteiger partial charge in [0.05, 0.1) is 12.2 Å². The van der Waals surface area contributed by atoms with Gasteiger partial charge in [0, 0.05) is 29.9 Å². The number of ether oxygens (including phenoxy) is 2. The molecule has 8 heteroatoms. The fourth-order valence-electron chi connectivity index (χ4n) is 5.00. The molecule has 8 nitrogen and oxygen atoms in total. The Kier molecular flexibility index (Phi) is 7.45. The summed E-state index contributed by atoms with van der Waals surface area (Å²) < 4.78 is 12.4. The number of benzene rings is 3. The zero-order chi connectivity index (χ0) is 27.4. The van der Waals surface area contributed by atoms with Crippen molar-refractivity contribution < 1.29 is 29.0 Å². The average Bonchev–Trinajstić information content (AvgIpc) is 3.54. The Bertz CT molecular complexity index is 1460. The number of esters is 1. The van der Waals surface area contributed by atoms with E-state index < -0.39 is 24.1 Å². The van der Waals surface area contributed by atoms with Gasteiger partial charge >= 0.3 is 18.0 Å². The smallest absolute Gasteiger partial charge is 0.407 e. The van der Waals surface area contributed by atoms with Crippen LogP contribution < -0.4 is 5.32 Å². The lowest BCUT2D eigenvalue weighted by molar-refractivity contribution is -0.139. The third-order valence-corrected chi connectivity index (χ3v) is 6.84. The van der Waals surface area contributed by atoms with Crippen molar-refractivity contribution in [3.05, 3.63) is 114 Å². The van der Waals surface area contributed by atoms with Crippen molar-refractivity contribution in [2.45, 2.75) is 25.3 Å². The number of nitrogens with zero attached hydrogens (tertiary/aromatic N) is 1. The lowest BCUT2D eigenvalue weighted by atomic mass is 9.98. The van der Waals surface area contributed by atoms with Crippen molar-refractivity contribution >= 4 is 18.0 Å². The highest BCUT2D eigenvalue weighted by Crippen LogP contribution is 2.44. The molecule has 1 atom stereocenters. The number of carboxylic acid groups (broad SMARTS) is 1. The number of rotatable bonds is 9. The first-order valence-electron chi connectivity index (χ1n) is 12.7. The maximum absolute atomic E-state index is 12.7. The van der Waals surface area contributed by atoms with Crippen LogP contribution in [0.2, 0.25) is 0 Å². The quantitative estimate of drug-likeness (QED) is 0.292. The first kappa shape index (κ1) is 25.8. The summed E-state index contributed by atoms with van der Waals surface area (Å²) in [6.07, 6.45) is 1.04. The summed E-state index contributed by atoms with van der Waals surface area (Å²) in [5, 5.41) is 12.3. The number of hydrogen-bond acceptors (Lipinski definition) is 5. The number of hydrogen-bond donors (Lipinski definition) is 2. The molecule has 5 rings (SSSR count). The summed E-state index contributed by atoms with van der Waals surface area (Å²) in [4.78, 5) is 36.7. The number of aromatic nitrogens is 1. The minimum Gasteiger partial charge on any atom is -0.480 e. The van der Waals surface area contributed by atoms with Crippen LogP contribution >= 0.6 is 0 Å². The fourth-order valence-corrected chi connectivity index (χ4v) is 5.00. The van der Waals surface area contributed by atoms with E-state index in [9.17, 15) is 19.5 Å². The van der Waals surface area contributed by atoms with E-state index in [4.69, 9.17) is 9.47 Å². The van der Waals surface area contributed by atoms with Gasteiger partial charge in [-0.05, 0) is 65.6 Å². The van der Waals surface area contributed by atoms with Crippen LogP contribution in [-0.4, -0.2) is 47.0 Å². The molecule has 0 fully saturated rings. The Balaban J connectivity index is 1.25. The van der Waals surface area contributed by atoms with Crippen LogP contribution in [0, 0.1) is 0 Å². The maximum Gasteiger partial charge on any atom is 0.407 e. The molecule has 1 amide bonds. The molecule has 1 aromatic heterocycles. The highest BCUT2D eigenvalue weighted by molar-refractivity contribution is 5.89. The average molecular weight is 525 g/mol. The van der Waals surface area contributed by atoms with Crippen LogP contribution in [-0.2, 0) is 20.7 Å². The minimum atomic E-state index is -1.20. The first-order valence-corrected chi connectivity index (χ1v) is 12.7. The summed E-state index contributed by atoms with van der Waals surface area (Å²) in [7, 11) is 0. The second kappa shape index (κ2) is 11.3. The highest BCUT2D eigenvalue weighted by Gasteiger charge is 2.30. The number of carbonyl (C=O) groups is 3. The SMILES string of the molecule is CCOC(=O)c1ccc(-n2cccc2CC(NC(=O)OCC2c3ccccc3-c3ccccc32)C(=O)O)cc1. The Hall–Kier alpha value is -4.85. The topological polar surface area (TPSA) is 107 Å². The van der Waals surface area contributed by atoms with Crippen molar-refractivity contribution in [3.8, 4) is 16.8 Å². The van der Waals surface area contributed by atoms with Gasteiger partial charge in [-0.1, -0.05) is 48.5 Å². The van der Waals surface area contributed by atoms with E-state index >= 15 is 0 Å². The maximum atomic E-state index is 12.7. The molecule has 0 aliphatic heterocycles. The van der Waals surface area contributed by atoms with E-state index in [-0.39, 0.29) is 25.6 Å². The van der Waals surface area contributed by atoms with Gasteiger partial charge in [-0.2, -0.15) is 0 Å². The van der Waals surface area contributed by atoms with Gasteiger partial charge in [-0.3, -0.25) is 0 Å². The van der Waals surface area contributed by atoms with E-state index in [2.05, 4.69) is 5.32 Å². The van der Waals surface area contributed by atoms with Crippen molar-refractivity contribution in [2.75, 3.05) is 13.2 Å². The Labute approximate surface area is 225 Å².